The van der Waals surface area contributed by atoms with Gasteiger partial charge in [0, 0.05) is 12.1 Å². The molecule has 1 saturated heterocycles. The summed E-state index contributed by atoms with van der Waals surface area (Å²) in [6.45, 7) is 1.50. The summed E-state index contributed by atoms with van der Waals surface area (Å²) in [5, 5.41) is 25.3. The predicted octanol–water partition coefficient (Wildman–Crippen LogP) is 3.16. The Kier molecular flexibility index (Phi) is 6.38. The van der Waals surface area contributed by atoms with Crippen LogP contribution in [0.3, 0.4) is 0 Å². The molecule has 1 unspecified atom stereocenters. The van der Waals surface area contributed by atoms with Crippen LogP contribution in [0.5, 0.6) is 11.5 Å². The quantitative estimate of drug-likeness (QED) is 0.434. The van der Waals surface area contributed by atoms with E-state index in [2.05, 4.69) is 21.7 Å². The second-order valence-electron chi connectivity index (χ2n) is 8.48. The molecule has 1 fully saturated rings. The maximum Gasteiger partial charge on any atom is 0.415 e. The van der Waals surface area contributed by atoms with Gasteiger partial charge in [-0.1, -0.05) is 18.2 Å². The SMILES string of the molecule is N#Cc1ccc(O)c(-c2cccc(CNCCC3CN(c4ccc5c(n4)NC(=O)CO5)C(=O)O3)c2)c1. The number of carbonyl (C=O) groups is 2. The maximum absolute atomic E-state index is 12.4. The number of nitrogens with zero attached hydrogens (tertiary/aromatic N) is 3. The molecule has 3 heterocycles. The number of aromatic nitrogens is 1. The molecule has 1 aromatic heterocycles. The number of pyridine rings is 1. The molecular weight excluding hydrogens is 462 g/mol. The summed E-state index contributed by atoms with van der Waals surface area (Å²) in [6, 6.07) is 17.9. The fourth-order valence-electron chi connectivity index (χ4n) is 4.14. The molecule has 0 aliphatic carbocycles. The Morgan fingerprint density at radius 1 is 1.19 bits per heavy atom. The van der Waals surface area contributed by atoms with Gasteiger partial charge in [-0.05, 0) is 60.5 Å². The Morgan fingerprint density at radius 2 is 2.08 bits per heavy atom. The first-order valence-electron chi connectivity index (χ1n) is 11.4. The lowest BCUT2D eigenvalue weighted by molar-refractivity contribution is -0.118. The Labute approximate surface area is 207 Å². The number of nitriles is 1. The van der Waals surface area contributed by atoms with Gasteiger partial charge in [0.25, 0.3) is 5.91 Å². The molecule has 2 aliphatic heterocycles. The van der Waals surface area contributed by atoms with Crippen molar-refractivity contribution in [3.63, 3.8) is 0 Å². The number of phenols is 1. The average molecular weight is 486 g/mol. The van der Waals surface area contributed by atoms with E-state index in [0.717, 1.165) is 11.1 Å². The number of nitrogens with one attached hydrogen (secondary N) is 2. The highest BCUT2D eigenvalue weighted by molar-refractivity contribution is 5.95. The number of fused-ring (bicyclic) bond motifs is 1. The molecular formula is C26H23N5O5. The molecule has 1 atom stereocenters. The predicted molar refractivity (Wildman–Crippen MR) is 131 cm³/mol. The third-order valence-electron chi connectivity index (χ3n) is 5.95. The fourth-order valence-corrected chi connectivity index (χ4v) is 4.14. The summed E-state index contributed by atoms with van der Waals surface area (Å²) >= 11 is 0. The zero-order valence-electron chi connectivity index (χ0n) is 19.2. The zero-order chi connectivity index (χ0) is 25.1. The van der Waals surface area contributed by atoms with Gasteiger partial charge in [0.05, 0.1) is 18.2 Å². The molecule has 3 aromatic rings. The maximum atomic E-state index is 12.4. The lowest BCUT2D eigenvalue weighted by Gasteiger charge is -2.19. The van der Waals surface area contributed by atoms with Crippen molar-refractivity contribution >= 4 is 23.6 Å². The van der Waals surface area contributed by atoms with E-state index in [1.54, 1.807) is 24.3 Å². The highest BCUT2D eigenvalue weighted by Crippen LogP contribution is 2.31. The number of amides is 2. The van der Waals surface area contributed by atoms with Crippen molar-refractivity contribution < 1.29 is 24.2 Å². The molecule has 36 heavy (non-hydrogen) atoms. The van der Waals surface area contributed by atoms with Crippen molar-refractivity contribution in [2.24, 2.45) is 0 Å². The van der Waals surface area contributed by atoms with Gasteiger partial charge < -0.3 is 25.2 Å². The fraction of sp³-hybridized carbons (Fsp3) is 0.231. The highest BCUT2D eigenvalue weighted by atomic mass is 16.6. The van der Waals surface area contributed by atoms with Crippen LogP contribution in [0.2, 0.25) is 0 Å². The van der Waals surface area contributed by atoms with Crippen molar-refractivity contribution in [2.45, 2.75) is 19.1 Å². The van der Waals surface area contributed by atoms with Crippen LogP contribution in [-0.2, 0) is 16.1 Å². The molecule has 182 valence electrons. The van der Waals surface area contributed by atoms with Gasteiger partial charge in [-0.25, -0.2) is 9.78 Å². The van der Waals surface area contributed by atoms with E-state index < -0.39 is 6.09 Å². The van der Waals surface area contributed by atoms with Gasteiger partial charge in [-0.3, -0.25) is 9.69 Å². The number of phenolic OH excluding ortho intramolecular Hbond substituents is 1. The Balaban J connectivity index is 1.15. The molecule has 5 rings (SSSR count). The summed E-state index contributed by atoms with van der Waals surface area (Å²) in [5.41, 5.74) is 2.93. The van der Waals surface area contributed by atoms with Crippen LogP contribution in [-0.4, -0.2) is 47.9 Å². The number of carbonyl (C=O) groups excluding carboxylic acids is 2. The number of hydrogen-bond donors (Lipinski definition) is 3. The van der Waals surface area contributed by atoms with Gasteiger partial charge in [-0.15, -0.1) is 0 Å². The number of anilines is 2. The van der Waals surface area contributed by atoms with Crippen LogP contribution in [0.1, 0.15) is 17.5 Å². The van der Waals surface area contributed by atoms with Crippen molar-refractivity contribution in [1.82, 2.24) is 10.3 Å². The molecule has 10 nitrogen and oxygen atoms in total. The smallest absolute Gasteiger partial charge is 0.415 e. The molecule has 0 spiro atoms. The number of aromatic hydroxyl groups is 1. The Hall–Kier alpha value is -4.62. The van der Waals surface area contributed by atoms with Crippen molar-refractivity contribution in [3.05, 3.63) is 65.7 Å². The zero-order valence-corrected chi connectivity index (χ0v) is 19.2. The lowest BCUT2D eigenvalue weighted by Crippen LogP contribution is -2.29. The number of cyclic esters (lactones) is 1. The molecule has 0 saturated carbocycles. The third-order valence-corrected chi connectivity index (χ3v) is 5.95. The third kappa shape index (κ3) is 4.92. The molecule has 0 radical (unpaired) electrons. The van der Waals surface area contributed by atoms with Gasteiger partial charge in [-0.2, -0.15) is 5.26 Å². The van der Waals surface area contributed by atoms with Gasteiger partial charge in [0.2, 0.25) is 0 Å². The number of ether oxygens (including phenoxy) is 2. The standard InChI is InChI=1S/C26H23N5O5/c27-12-16-4-5-21(32)20(11-16)18-3-1-2-17(10-18)13-28-9-8-19-14-31(26(34)36-19)23-7-6-22-25(29-23)30-24(33)15-35-22/h1-7,10-11,19,28,32H,8-9,13-15H2,(H,29,30,33). The summed E-state index contributed by atoms with van der Waals surface area (Å²) in [6.07, 6.45) is -0.175. The lowest BCUT2D eigenvalue weighted by atomic mass is 10.0. The number of benzene rings is 2. The van der Waals surface area contributed by atoms with Crippen LogP contribution in [0, 0.1) is 11.3 Å². The summed E-state index contributed by atoms with van der Waals surface area (Å²) < 4.78 is 10.8. The van der Waals surface area contributed by atoms with Crippen LogP contribution in [0.25, 0.3) is 11.1 Å². The van der Waals surface area contributed by atoms with E-state index in [0.29, 0.717) is 48.7 Å². The van der Waals surface area contributed by atoms with E-state index in [1.807, 2.05) is 24.3 Å². The molecule has 2 amide bonds. The first kappa shape index (κ1) is 23.1. The molecule has 0 bridgehead atoms. The minimum absolute atomic E-state index is 0.0595. The van der Waals surface area contributed by atoms with E-state index in [9.17, 15) is 14.7 Å². The second-order valence-corrected chi connectivity index (χ2v) is 8.48. The van der Waals surface area contributed by atoms with Gasteiger partial charge in [0.15, 0.2) is 18.2 Å². The molecule has 2 aromatic carbocycles. The van der Waals surface area contributed by atoms with E-state index in [4.69, 9.17) is 14.7 Å². The Bertz CT molecular complexity index is 1370. The van der Waals surface area contributed by atoms with Crippen molar-refractivity contribution in [2.75, 3.05) is 29.9 Å². The molecule has 10 heteroatoms. The minimum Gasteiger partial charge on any atom is -0.507 e. The van der Waals surface area contributed by atoms with Crippen molar-refractivity contribution in [1.29, 1.82) is 5.26 Å². The molecule has 2 aliphatic rings. The first-order valence-corrected chi connectivity index (χ1v) is 11.4. The van der Waals surface area contributed by atoms with Crippen molar-refractivity contribution in [3.8, 4) is 28.7 Å². The van der Waals surface area contributed by atoms with Crippen LogP contribution in [0.15, 0.2) is 54.6 Å². The average Bonchev–Trinajstić information content (AvgIpc) is 3.27. The van der Waals surface area contributed by atoms with Gasteiger partial charge >= 0.3 is 6.09 Å². The molecule has 3 N–H and O–H groups in total. The normalized spacial score (nSPS) is 16.5. The van der Waals surface area contributed by atoms with Crippen LogP contribution in [0.4, 0.5) is 16.4 Å². The topological polar surface area (TPSA) is 137 Å². The van der Waals surface area contributed by atoms with E-state index >= 15 is 0 Å². The number of rotatable bonds is 7. The minimum atomic E-state index is -0.484. The van der Waals surface area contributed by atoms with Crippen LogP contribution >= 0.6 is 0 Å². The number of hydrogen-bond acceptors (Lipinski definition) is 8. The largest absolute Gasteiger partial charge is 0.507 e. The first-order chi connectivity index (χ1) is 17.5. The summed E-state index contributed by atoms with van der Waals surface area (Å²) in [5.74, 6) is 0.967. The van der Waals surface area contributed by atoms with E-state index in [-0.39, 0.29) is 30.2 Å². The summed E-state index contributed by atoms with van der Waals surface area (Å²) in [4.78, 5) is 29.7. The highest BCUT2D eigenvalue weighted by Gasteiger charge is 2.33. The summed E-state index contributed by atoms with van der Waals surface area (Å²) in [7, 11) is 0. The van der Waals surface area contributed by atoms with E-state index in [1.165, 1.54) is 11.0 Å². The van der Waals surface area contributed by atoms with Crippen LogP contribution < -0.4 is 20.3 Å². The van der Waals surface area contributed by atoms with Gasteiger partial charge in [0.1, 0.15) is 17.7 Å². The Morgan fingerprint density at radius 3 is 2.94 bits per heavy atom. The monoisotopic (exact) mass is 485 g/mol. The second kappa shape index (κ2) is 9.93.